The largest absolute Gasteiger partial charge is 0.496 e. The fourth-order valence-electron chi connectivity index (χ4n) is 2.19. The minimum Gasteiger partial charge on any atom is -0.496 e. The molecule has 0 saturated carbocycles. The van der Waals surface area contributed by atoms with Gasteiger partial charge in [0.05, 0.1) is 7.11 Å². The molecule has 1 rings (SSSR count). The van der Waals surface area contributed by atoms with Gasteiger partial charge in [0, 0.05) is 36.1 Å². The lowest BCUT2D eigenvalue weighted by molar-refractivity contribution is 0.237. The van der Waals surface area contributed by atoms with Crippen LogP contribution in [0.15, 0.2) is 27.8 Å². The molecule has 21 heavy (non-hydrogen) atoms. The highest BCUT2D eigenvalue weighted by atomic mass is 79.9. The van der Waals surface area contributed by atoms with E-state index in [0.29, 0.717) is 12.3 Å². The molecule has 0 aliphatic rings. The van der Waals surface area contributed by atoms with Crippen molar-refractivity contribution in [2.45, 2.75) is 26.8 Å². The van der Waals surface area contributed by atoms with Crippen LogP contribution in [0.3, 0.4) is 0 Å². The van der Waals surface area contributed by atoms with Crippen LogP contribution in [-0.4, -0.2) is 36.1 Å². The highest BCUT2D eigenvalue weighted by Crippen LogP contribution is 2.24. The van der Waals surface area contributed by atoms with E-state index in [1.165, 1.54) is 0 Å². The molecule has 1 aromatic rings. The van der Waals surface area contributed by atoms with E-state index in [1.54, 1.807) is 7.11 Å². The van der Waals surface area contributed by atoms with Crippen LogP contribution in [0, 0.1) is 5.92 Å². The number of hydrogen-bond donors (Lipinski definition) is 2. The number of halogens is 1. The molecule has 5 nitrogen and oxygen atoms in total. The topological polar surface area (TPSA) is 71.1 Å². The molecule has 0 fully saturated rings. The van der Waals surface area contributed by atoms with E-state index in [4.69, 9.17) is 15.7 Å². The van der Waals surface area contributed by atoms with Crippen LogP contribution in [-0.2, 0) is 6.54 Å². The van der Waals surface area contributed by atoms with Gasteiger partial charge in [-0.1, -0.05) is 34.9 Å². The van der Waals surface area contributed by atoms with E-state index in [9.17, 15) is 0 Å². The van der Waals surface area contributed by atoms with Gasteiger partial charge in [-0.05, 0) is 24.1 Å². The Morgan fingerprint density at radius 1 is 1.48 bits per heavy atom. The number of nitrogens with zero attached hydrogens (tertiary/aromatic N) is 2. The Morgan fingerprint density at radius 2 is 2.19 bits per heavy atom. The quantitative estimate of drug-likeness (QED) is 0.324. The van der Waals surface area contributed by atoms with Crippen LogP contribution in [0.4, 0.5) is 0 Å². The molecule has 0 unspecified atom stereocenters. The van der Waals surface area contributed by atoms with Gasteiger partial charge in [0.2, 0.25) is 0 Å². The Morgan fingerprint density at radius 3 is 2.76 bits per heavy atom. The summed E-state index contributed by atoms with van der Waals surface area (Å²) in [7, 11) is 1.68. The Kier molecular flexibility index (Phi) is 7.53. The molecule has 0 aliphatic heterocycles. The normalized spacial score (nSPS) is 12.2. The third kappa shape index (κ3) is 6.35. The second-order valence-corrected chi connectivity index (χ2v) is 6.34. The molecule has 0 bridgehead atoms. The molecule has 0 aliphatic carbocycles. The monoisotopic (exact) mass is 357 g/mol. The van der Waals surface area contributed by atoms with Gasteiger partial charge in [0.1, 0.15) is 11.6 Å². The minimum atomic E-state index is 0.255. The summed E-state index contributed by atoms with van der Waals surface area (Å²) < 4.78 is 6.44. The van der Waals surface area contributed by atoms with E-state index < -0.39 is 0 Å². The lowest BCUT2D eigenvalue weighted by atomic mass is 10.1. The summed E-state index contributed by atoms with van der Waals surface area (Å²) in [5, 5.41) is 11.7. The molecule has 0 atom stereocenters. The molecule has 3 N–H and O–H groups in total. The second kappa shape index (κ2) is 8.89. The standard InChI is InChI=1S/C15H24BrN3O2/c1-11(2)9-19(7-6-15(17)18-20)10-12-8-13(16)4-5-14(12)21-3/h4-5,8,11,20H,6-7,9-10H2,1-3H3,(H2,17,18). The molecule has 0 aromatic heterocycles. The molecule has 6 heteroatoms. The van der Waals surface area contributed by atoms with Crippen molar-refractivity contribution in [3.05, 3.63) is 28.2 Å². The Bertz CT molecular complexity index is 478. The van der Waals surface area contributed by atoms with Gasteiger partial charge in [-0.15, -0.1) is 0 Å². The zero-order valence-corrected chi connectivity index (χ0v) is 14.4. The van der Waals surface area contributed by atoms with Gasteiger partial charge in [-0.2, -0.15) is 0 Å². The number of nitrogens with two attached hydrogens (primary N) is 1. The average Bonchev–Trinajstić information content (AvgIpc) is 2.44. The van der Waals surface area contributed by atoms with Crippen molar-refractivity contribution < 1.29 is 9.94 Å². The first-order chi connectivity index (χ1) is 9.96. The molecule has 1 aromatic carbocycles. The van der Waals surface area contributed by atoms with Crippen molar-refractivity contribution >= 4 is 21.8 Å². The molecule has 0 radical (unpaired) electrons. The maximum absolute atomic E-state index is 8.66. The van der Waals surface area contributed by atoms with Gasteiger partial charge in [-0.3, -0.25) is 4.90 Å². The highest BCUT2D eigenvalue weighted by molar-refractivity contribution is 9.10. The lowest BCUT2D eigenvalue weighted by Crippen LogP contribution is -2.31. The summed E-state index contributed by atoms with van der Waals surface area (Å²) in [5.74, 6) is 1.66. The SMILES string of the molecule is COc1ccc(Br)cc1CN(CCC(N)=NO)CC(C)C. The molecule has 0 spiro atoms. The van der Waals surface area contributed by atoms with Crippen LogP contribution >= 0.6 is 15.9 Å². The number of hydrogen-bond acceptors (Lipinski definition) is 4. The zero-order valence-electron chi connectivity index (χ0n) is 12.8. The van der Waals surface area contributed by atoms with Gasteiger partial charge < -0.3 is 15.7 Å². The molecule has 0 amide bonds. The Labute approximate surface area is 134 Å². The molecular formula is C15H24BrN3O2. The Hall–Kier alpha value is -1.27. The van der Waals surface area contributed by atoms with Crippen molar-refractivity contribution in [3.63, 3.8) is 0 Å². The second-order valence-electron chi connectivity index (χ2n) is 5.43. The van der Waals surface area contributed by atoms with Crippen molar-refractivity contribution in [1.82, 2.24) is 4.90 Å². The number of oxime groups is 1. The number of ether oxygens (including phenoxy) is 1. The maximum Gasteiger partial charge on any atom is 0.140 e. The fraction of sp³-hybridized carbons (Fsp3) is 0.533. The summed E-state index contributed by atoms with van der Waals surface area (Å²) >= 11 is 3.49. The van der Waals surface area contributed by atoms with Crippen molar-refractivity contribution in [2.75, 3.05) is 20.2 Å². The average molecular weight is 358 g/mol. The van der Waals surface area contributed by atoms with Gasteiger partial charge in [0.25, 0.3) is 0 Å². The lowest BCUT2D eigenvalue weighted by Gasteiger charge is -2.25. The summed E-state index contributed by atoms with van der Waals surface area (Å²) in [5.41, 5.74) is 6.68. The van der Waals surface area contributed by atoms with Crippen molar-refractivity contribution in [2.24, 2.45) is 16.8 Å². The highest BCUT2D eigenvalue weighted by Gasteiger charge is 2.12. The van der Waals surface area contributed by atoms with Crippen LogP contribution in [0.2, 0.25) is 0 Å². The summed E-state index contributed by atoms with van der Waals surface area (Å²) in [6.45, 7) is 6.79. The summed E-state index contributed by atoms with van der Waals surface area (Å²) in [6.07, 6.45) is 0.541. The summed E-state index contributed by atoms with van der Waals surface area (Å²) in [6, 6.07) is 5.98. The van der Waals surface area contributed by atoms with E-state index in [0.717, 1.165) is 35.4 Å². The van der Waals surface area contributed by atoms with Crippen molar-refractivity contribution in [1.29, 1.82) is 0 Å². The summed E-state index contributed by atoms with van der Waals surface area (Å²) in [4.78, 5) is 2.28. The predicted octanol–water partition coefficient (Wildman–Crippen LogP) is 3.05. The number of rotatable bonds is 8. The molecule has 0 heterocycles. The van der Waals surface area contributed by atoms with Gasteiger partial charge >= 0.3 is 0 Å². The zero-order chi connectivity index (χ0) is 15.8. The van der Waals surface area contributed by atoms with E-state index in [-0.39, 0.29) is 5.84 Å². The number of benzene rings is 1. The van der Waals surface area contributed by atoms with Crippen LogP contribution in [0.25, 0.3) is 0 Å². The maximum atomic E-state index is 8.66. The smallest absolute Gasteiger partial charge is 0.140 e. The van der Waals surface area contributed by atoms with Gasteiger partial charge in [0.15, 0.2) is 0 Å². The molecular weight excluding hydrogens is 334 g/mol. The Balaban J connectivity index is 2.82. The molecule has 118 valence electrons. The van der Waals surface area contributed by atoms with Crippen LogP contribution in [0.1, 0.15) is 25.8 Å². The first-order valence-corrected chi connectivity index (χ1v) is 7.76. The van der Waals surface area contributed by atoms with Crippen molar-refractivity contribution in [3.8, 4) is 5.75 Å². The van der Waals surface area contributed by atoms with Crippen LogP contribution < -0.4 is 10.5 Å². The first kappa shape index (κ1) is 17.8. The third-order valence-corrected chi connectivity index (χ3v) is 3.57. The van der Waals surface area contributed by atoms with E-state index in [2.05, 4.69) is 45.9 Å². The van der Waals surface area contributed by atoms with Crippen LogP contribution in [0.5, 0.6) is 5.75 Å². The minimum absolute atomic E-state index is 0.255. The first-order valence-electron chi connectivity index (χ1n) is 6.97. The van der Waals surface area contributed by atoms with E-state index >= 15 is 0 Å². The fourth-order valence-corrected chi connectivity index (χ4v) is 2.59. The molecule has 0 saturated heterocycles. The number of amidine groups is 1. The van der Waals surface area contributed by atoms with E-state index in [1.807, 2.05) is 12.1 Å². The number of methoxy groups -OCH3 is 1. The third-order valence-electron chi connectivity index (χ3n) is 3.07. The predicted molar refractivity (Wildman–Crippen MR) is 88.8 cm³/mol. The van der Waals surface area contributed by atoms with Gasteiger partial charge in [-0.25, -0.2) is 0 Å².